The zero-order chi connectivity index (χ0) is 18.0. The summed E-state index contributed by atoms with van der Waals surface area (Å²) < 4.78 is 34.4. The Morgan fingerprint density at radius 1 is 1.32 bits per heavy atom. The summed E-state index contributed by atoms with van der Waals surface area (Å²) in [6, 6.07) is 10.7. The molecule has 0 N–H and O–H groups in total. The molecule has 7 heteroatoms. The highest BCUT2D eigenvalue weighted by Crippen LogP contribution is 2.20. The Morgan fingerprint density at radius 2 is 2.12 bits per heavy atom. The number of carbonyl (C=O) groups excluding carboxylic acids is 1. The largest absolute Gasteiger partial charge is 0.486 e. The molecular formula is C18H21NO5S. The van der Waals surface area contributed by atoms with Crippen LogP contribution >= 0.6 is 0 Å². The first-order valence-electron chi connectivity index (χ1n) is 8.10. The van der Waals surface area contributed by atoms with Crippen molar-refractivity contribution < 1.29 is 22.4 Å². The number of aryl methyl sites for hydroxylation is 1. The minimum absolute atomic E-state index is 0.0132. The first-order chi connectivity index (χ1) is 11.8. The number of hydrogen-bond donors (Lipinski definition) is 0. The molecule has 0 spiro atoms. The van der Waals surface area contributed by atoms with E-state index in [2.05, 4.69) is 0 Å². The number of amides is 1. The summed E-state index contributed by atoms with van der Waals surface area (Å²) in [5, 5.41) is 0. The normalized spacial score (nSPS) is 18.9. The van der Waals surface area contributed by atoms with E-state index in [0.29, 0.717) is 12.2 Å². The number of carbonyl (C=O) groups is 1. The second kappa shape index (κ2) is 6.92. The van der Waals surface area contributed by atoms with E-state index in [0.717, 1.165) is 11.3 Å². The number of hydrogen-bond acceptors (Lipinski definition) is 5. The highest BCUT2D eigenvalue weighted by Gasteiger charge is 2.33. The van der Waals surface area contributed by atoms with E-state index in [-0.39, 0.29) is 35.8 Å². The van der Waals surface area contributed by atoms with E-state index in [4.69, 9.17) is 9.15 Å². The summed E-state index contributed by atoms with van der Waals surface area (Å²) in [5.74, 6) is 1.29. The van der Waals surface area contributed by atoms with Crippen LogP contribution < -0.4 is 4.74 Å². The minimum Gasteiger partial charge on any atom is -0.486 e. The molecule has 0 bridgehead atoms. The van der Waals surface area contributed by atoms with E-state index in [1.54, 1.807) is 19.2 Å². The zero-order valence-corrected chi connectivity index (χ0v) is 15.1. The van der Waals surface area contributed by atoms with Crippen molar-refractivity contribution in [1.82, 2.24) is 4.90 Å². The van der Waals surface area contributed by atoms with Crippen molar-refractivity contribution in [2.75, 3.05) is 18.6 Å². The van der Waals surface area contributed by atoms with E-state index in [9.17, 15) is 13.2 Å². The quantitative estimate of drug-likeness (QED) is 0.815. The fraction of sp³-hybridized carbons (Fsp3) is 0.389. The Morgan fingerprint density at radius 3 is 2.80 bits per heavy atom. The first kappa shape index (κ1) is 17.5. The van der Waals surface area contributed by atoms with Gasteiger partial charge in [-0.05, 0) is 43.2 Å². The molecule has 1 aromatic carbocycles. The molecule has 0 aliphatic carbocycles. The lowest BCUT2D eigenvalue weighted by Gasteiger charge is -2.22. The van der Waals surface area contributed by atoms with Crippen LogP contribution in [0.25, 0.3) is 0 Å². The topological polar surface area (TPSA) is 76.8 Å². The van der Waals surface area contributed by atoms with Crippen LogP contribution in [0.5, 0.6) is 5.75 Å². The molecule has 1 aliphatic heterocycles. The molecule has 1 fully saturated rings. The monoisotopic (exact) mass is 363 g/mol. The number of furan rings is 1. The molecule has 2 aromatic rings. The smallest absolute Gasteiger partial charge is 0.289 e. The SMILES string of the molecule is Cc1cccc(OCc2ccc(C(=O)N(C)[C@H]3CCS(=O)(=O)C3)o2)c1. The average molecular weight is 363 g/mol. The molecule has 1 aliphatic rings. The van der Waals surface area contributed by atoms with Gasteiger partial charge in [0.2, 0.25) is 0 Å². The van der Waals surface area contributed by atoms with Crippen molar-refractivity contribution >= 4 is 15.7 Å². The highest BCUT2D eigenvalue weighted by molar-refractivity contribution is 7.91. The Hall–Kier alpha value is -2.28. The summed E-state index contributed by atoms with van der Waals surface area (Å²) in [6.07, 6.45) is 0.467. The molecule has 1 saturated heterocycles. The number of nitrogens with zero attached hydrogens (tertiary/aromatic N) is 1. The van der Waals surface area contributed by atoms with Crippen LogP contribution in [0.3, 0.4) is 0 Å². The number of ether oxygens (including phenoxy) is 1. The summed E-state index contributed by atoms with van der Waals surface area (Å²) in [5.41, 5.74) is 1.10. The van der Waals surface area contributed by atoms with E-state index in [1.165, 1.54) is 4.90 Å². The molecule has 0 unspecified atom stereocenters. The molecule has 6 nitrogen and oxygen atoms in total. The third-order valence-corrected chi connectivity index (χ3v) is 6.07. The molecule has 1 aromatic heterocycles. The van der Waals surface area contributed by atoms with Crippen molar-refractivity contribution in [2.24, 2.45) is 0 Å². The number of benzene rings is 1. The van der Waals surface area contributed by atoms with Gasteiger partial charge in [0.1, 0.15) is 18.1 Å². The first-order valence-corrected chi connectivity index (χ1v) is 9.92. The maximum atomic E-state index is 12.5. The number of sulfone groups is 1. The average Bonchev–Trinajstić information content (AvgIpc) is 3.18. The van der Waals surface area contributed by atoms with Crippen LogP contribution in [0, 0.1) is 6.92 Å². The van der Waals surface area contributed by atoms with Gasteiger partial charge in [-0.15, -0.1) is 0 Å². The van der Waals surface area contributed by atoms with Crippen LogP contribution in [-0.2, 0) is 16.4 Å². The molecule has 134 valence electrons. The fourth-order valence-electron chi connectivity index (χ4n) is 2.85. The number of rotatable bonds is 5. The lowest BCUT2D eigenvalue weighted by Crippen LogP contribution is -2.37. The van der Waals surface area contributed by atoms with Gasteiger partial charge in [0.15, 0.2) is 15.6 Å². The summed E-state index contributed by atoms with van der Waals surface area (Å²) >= 11 is 0. The van der Waals surface area contributed by atoms with Crippen LogP contribution in [0.2, 0.25) is 0 Å². The third-order valence-electron chi connectivity index (χ3n) is 4.32. The van der Waals surface area contributed by atoms with E-state index in [1.807, 2.05) is 31.2 Å². The van der Waals surface area contributed by atoms with Crippen molar-refractivity contribution in [3.63, 3.8) is 0 Å². The fourth-order valence-corrected chi connectivity index (χ4v) is 4.62. The maximum absolute atomic E-state index is 12.5. The minimum atomic E-state index is -3.04. The van der Waals surface area contributed by atoms with E-state index < -0.39 is 9.84 Å². The van der Waals surface area contributed by atoms with E-state index >= 15 is 0 Å². The summed E-state index contributed by atoms with van der Waals surface area (Å²) in [4.78, 5) is 13.9. The highest BCUT2D eigenvalue weighted by atomic mass is 32.2. The summed E-state index contributed by atoms with van der Waals surface area (Å²) in [6.45, 7) is 2.20. The van der Waals surface area contributed by atoms with Crippen LogP contribution in [0.1, 0.15) is 28.3 Å². The third kappa shape index (κ3) is 4.22. The van der Waals surface area contributed by atoms with Gasteiger partial charge in [-0.2, -0.15) is 0 Å². The van der Waals surface area contributed by atoms with Crippen LogP contribution in [-0.4, -0.2) is 43.8 Å². The van der Waals surface area contributed by atoms with Gasteiger partial charge in [-0.25, -0.2) is 8.42 Å². The van der Waals surface area contributed by atoms with Gasteiger partial charge in [0.05, 0.1) is 11.5 Å². The lowest BCUT2D eigenvalue weighted by atomic mass is 10.2. The molecular weight excluding hydrogens is 342 g/mol. The van der Waals surface area contributed by atoms with Gasteiger partial charge in [-0.1, -0.05) is 12.1 Å². The van der Waals surface area contributed by atoms with Crippen molar-refractivity contribution in [3.8, 4) is 5.75 Å². The Labute approximate surface area is 147 Å². The Balaban J connectivity index is 1.61. The predicted octanol–water partition coefficient (Wildman–Crippen LogP) is 2.43. The predicted molar refractivity (Wildman–Crippen MR) is 93.4 cm³/mol. The molecule has 2 heterocycles. The molecule has 25 heavy (non-hydrogen) atoms. The second-order valence-electron chi connectivity index (χ2n) is 6.34. The van der Waals surface area contributed by atoms with Gasteiger partial charge in [0, 0.05) is 13.1 Å². The van der Waals surface area contributed by atoms with Crippen LogP contribution in [0.15, 0.2) is 40.8 Å². The van der Waals surface area contributed by atoms with Crippen molar-refractivity contribution in [1.29, 1.82) is 0 Å². The van der Waals surface area contributed by atoms with Crippen molar-refractivity contribution in [3.05, 3.63) is 53.5 Å². The molecule has 0 radical (unpaired) electrons. The molecule has 1 atom stereocenters. The van der Waals surface area contributed by atoms with Gasteiger partial charge in [0.25, 0.3) is 5.91 Å². The molecule has 0 saturated carbocycles. The lowest BCUT2D eigenvalue weighted by molar-refractivity contribution is 0.0711. The molecule has 3 rings (SSSR count). The Kier molecular flexibility index (Phi) is 4.85. The van der Waals surface area contributed by atoms with Crippen molar-refractivity contribution in [2.45, 2.75) is 26.0 Å². The zero-order valence-electron chi connectivity index (χ0n) is 14.3. The second-order valence-corrected chi connectivity index (χ2v) is 8.57. The summed E-state index contributed by atoms with van der Waals surface area (Å²) in [7, 11) is -1.43. The van der Waals surface area contributed by atoms with Gasteiger partial charge >= 0.3 is 0 Å². The van der Waals surface area contributed by atoms with Gasteiger partial charge < -0.3 is 14.1 Å². The molecule has 1 amide bonds. The van der Waals surface area contributed by atoms with Crippen LogP contribution in [0.4, 0.5) is 0 Å². The Bertz CT molecular complexity index is 871. The van der Waals surface area contributed by atoms with Gasteiger partial charge in [-0.3, -0.25) is 4.79 Å². The standard InChI is InChI=1S/C18H21NO5S/c1-13-4-3-5-15(10-13)23-11-16-6-7-17(24-16)18(20)19(2)14-8-9-25(21,22)12-14/h3-7,10,14H,8-9,11-12H2,1-2H3/t14-/m0/s1. The maximum Gasteiger partial charge on any atom is 0.289 e.